The fraction of sp³-hybridized carbons (Fsp3) is 0.400. The third-order valence-electron chi connectivity index (χ3n) is 2.56. The first kappa shape index (κ1) is 7.47. The minimum absolute atomic E-state index is 0.0625. The van der Waals surface area contributed by atoms with Crippen molar-refractivity contribution in [1.29, 1.82) is 0 Å². The molecule has 0 saturated carbocycles. The summed E-state index contributed by atoms with van der Waals surface area (Å²) in [7, 11) is 0. The Labute approximate surface area is 71.0 Å². The zero-order chi connectivity index (χ0) is 8.55. The highest BCUT2D eigenvalue weighted by atomic mass is 16.1. The van der Waals surface area contributed by atoms with E-state index in [0.29, 0.717) is 0 Å². The molecule has 0 N–H and O–H groups in total. The first-order valence-corrected chi connectivity index (χ1v) is 4.20. The van der Waals surface area contributed by atoms with Gasteiger partial charge in [-0.2, -0.15) is 0 Å². The van der Waals surface area contributed by atoms with E-state index in [-0.39, 0.29) is 23.4 Å². The summed E-state index contributed by atoms with van der Waals surface area (Å²) >= 11 is 0. The Morgan fingerprint density at radius 3 is 1.75 bits per heavy atom. The Bertz CT molecular complexity index is 256. The average Bonchev–Trinajstić information content (AvgIpc) is 2.07. The van der Waals surface area contributed by atoms with Crippen LogP contribution in [0.3, 0.4) is 0 Å². The summed E-state index contributed by atoms with van der Waals surface area (Å²) in [5.41, 5.74) is 0. The molecule has 62 valence electrons. The maximum Gasteiger partial charge on any atom is 0.159 e. The maximum absolute atomic E-state index is 11.3. The molecule has 0 saturated heterocycles. The number of allylic oxidation sites excluding steroid dienone is 4. The van der Waals surface area contributed by atoms with Crippen molar-refractivity contribution < 1.29 is 9.59 Å². The van der Waals surface area contributed by atoms with Crippen LogP contribution < -0.4 is 0 Å². The van der Waals surface area contributed by atoms with Crippen LogP contribution in [0, 0.1) is 11.8 Å². The van der Waals surface area contributed by atoms with Crippen molar-refractivity contribution in [2.75, 3.05) is 0 Å². The lowest BCUT2D eigenvalue weighted by molar-refractivity contribution is -0.128. The third kappa shape index (κ3) is 1.04. The molecule has 0 bridgehead atoms. The van der Waals surface area contributed by atoms with Crippen molar-refractivity contribution in [1.82, 2.24) is 0 Å². The Balaban J connectivity index is 2.31. The van der Waals surface area contributed by atoms with E-state index in [9.17, 15) is 9.59 Å². The van der Waals surface area contributed by atoms with Gasteiger partial charge in [-0.05, 0) is 25.0 Å². The summed E-state index contributed by atoms with van der Waals surface area (Å²) in [6.45, 7) is 0. The number of rotatable bonds is 0. The van der Waals surface area contributed by atoms with Crippen LogP contribution in [0.5, 0.6) is 0 Å². The van der Waals surface area contributed by atoms with Crippen molar-refractivity contribution in [2.45, 2.75) is 12.8 Å². The lowest BCUT2D eigenvalue weighted by Crippen LogP contribution is -2.32. The van der Waals surface area contributed by atoms with E-state index in [4.69, 9.17) is 0 Å². The van der Waals surface area contributed by atoms with Crippen molar-refractivity contribution in [3.63, 3.8) is 0 Å². The van der Waals surface area contributed by atoms with Gasteiger partial charge in [-0.25, -0.2) is 0 Å². The van der Waals surface area contributed by atoms with E-state index in [1.165, 1.54) is 0 Å². The van der Waals surface area contributed by atoms with Gasteiger partial charge in [0.1, 0.15) is 0 Å². The van der Waals surface area contributed by atoms with Gasteiger partial charge in [0, 0.05) is 11.8 Å². The van der Waals surface area contributed by atoms with E-state index in [0.717, 1.165) is 12.8 Å². The number of ketones is 2. The molecule has 0 aromatic heterocycles. The summed E-state index contributed by atoms with van der Waals surface area (Å²) < 4.78 is 0. The Hall–Kier alpha value is -1.18. The number of hydrogen-bond donors (Lipinski definition) is 0. The molecule has 2 aliphatic rings. The van der Waals surface area contributed by atoms with E-state index < -0.39 is 0 Å². The second-order valence-electron chi connectivity index (χ2n) is 3.29. The molecule has 2 nitrogen and oxygen atoms in total. The lowest BCUT2D eigenvalue weighted by Gasteiger charge is -2.26. The molecule has 0 aliphatic heterocycles. The molecule has 2 rings (SSSR count). The van der Waals surface area contributed by atoms with Crippen LogP contribution in [-0.2, 0) is 9.59 Å². The SMILES string of the molecule is O=C1C=CC[C@H]2C(=O)C=CC[C@H]12. The molecule has 0 aromatic carbocycles. The summed E-state index contributed by atoms with van der Waals surface area (Å²) in [5.74, 6) is 0.105. The molecule has 2 atom stereocenters. The second kappa shape index (κ2) is 2.70. The van der Waals surface area contributed by atoms with E-state index in [1.807, 2.05) is 0 Å². The van der Waals surface area contributed by atoms with Crippen LogP contribution in [0.15, 0.2) is 24.3 Å². The molecule has 0 aromatic rings. The molecule has 0 heterocycles. The lowest BCUT2D eigenvalue weighted by atomic mass is 9.75. The number of fused-ring (bicyclic) bond motifs is 1. The first-order chi connectivity index (χ1) is 5.79. The Morgan fingerprint density at radius 2 is 1.33 bits per heavy atom. The summed E-state index contributed by atoms with van der Waals surface area (Å²) in [6, 6.07) is 0. The minimum Gasteiger partial charge on any atom is -0.295 e. The van der Waals surface area contributed by atoms with Gasteiger partial charge in [-0.15, -0.1) is 0 Å². The zero-order valence-electron chi connectivity index (χ0n) is 6.69. The fourth-order valence-corrected chi connectivity index (χ4v) is 1.87. The zero-order valence-corrected chi connectivity index (χ0v) is 6.69. The average molecular weight is 162 g/mol. The van der Waals surface area contributed by atoms with Gasteiger partial charge in [0.05, 0.1) is 0 Å². The van der Waals surface area contributed by atoms with Crippen LogP contribution in [0.4, 0.5) is 0 Å². The highest BCUT2D eigenvalue weighted by Crippen LogP contribution is 2.30. The van der Waals surface area contributed by atoms with Gasteiger partial charge in [-0.3, -0.25) is 9.59 Å². The molecule has 0 radical (unpaired) electrons. The van der Waals surface area contributed by atoms with Crippen LogP contribution in [0.25, 0.3) is 0 Å². The smallest absolute Gasteiger partial charge is 0.159 e. The van der Waals surface area contributed by atoms with Crippen LogP contribution in [0.1, 0.15) is 12.8 Å². The highest BCUT2D eigenvalue weighted by molar-refractivity contribution is 6.02. The van der Waals surface area contributed by atoms with Gasteiger partial charge < -0.3 is 0 Å². The first-order valence-electron chi connectivity index (χ1n) is 4.20. The monoisotopic (exact) mass is 162 g/mol. The maximum atomic E-state index is 11.3. The number of carbonyl (C=O) groups is 2. The number of hydrogen-bond acceptors (Lipinski definition) is 2. The standard InChI is InChI=1S/C10H10O2/c11-9-5-1-3-7-8(9)4-2-6-10(7)12/h1-2,5-8H,3-4H2/t7-,8+. The molecular formula is C10H10O2. The van der Waals surface area contributed by atoms with E-state index in [1.54, 1.807) is 24.3 Å². The fourth-order valence-electron chi connectivity index (χ4n) is 1.87. The largest absolute Gasteiger partial charge is 0.295 e. The van der Waals surface area contributed by atoms with Gasteiger partial charge in [-0.1, -0.05) is 12.2 Å². The summed E-state index contributed by atoms with van der Waals surface area (Å²) in [4.78, 5) is 22.6. The van der Waals surface area contributed by atoms with Crippen molar-refractivity contribution >= 4 is 11.6 Å². The van der Waals surface area contributed by atoms with Crippen molar-refractivity contribution in [3.05, 3.63) is 24.3 Å². The van der Waals surface area contributed by atoms with Crippen molar-refractivity contribution in [3.8, 4) is 0 Å². The molecule has 0 amide bonds. The molecule has 0 unspecified atom stereocenters. The topological polar surface area (TPSA) is 34.1 Å². The highest BCUT2D eigenvalue weighted by Gasteiger charge is 2.33. The second-order valence-corrected chi connectivity index (χ2v) is 3.29. The quantitative estimate of drug-likeness (QED) is 0.537. The summed E-state index contributed by atoms with van der Waals surface area (Å²) in [5, 5.41) is 0. The summed E-state index contributed by atoms with van der Waals surface area (Å²) in [6.07, 6.45) is 8.29. The molecule has 12 heavy (non-hydrogen) atoms. The molecule has 0 fully saturated rings. The van der Waals surface area contributed by atoms with Gasteiger partial charge in [0.2, 0.25) is 0 Å². The van der Waals surface area contributed by atoms with Crippen LogP contribution in [0.2, 0.25) is 0 Å². The number of carbonyl (C=O) groups excluding carboxylic acids is 2. The van der Waals surface area contributed by atoms with E-state index >= 15 is 0 Å². The molecule has 2 aliphatic carbocycles. The van der Waals surface area contributed by atoms with Crippen LogP contribution in [-0.4, -0.2) is 11.6 Å². The van der Waals surface area contributed by atoms with E-state index in [2.05, 4.69) is 0 Å². The Morgan fingerprint density at radius 1 is 0.917 bits per heavy atom. The minimum atomic E-state index is -0.0625. The van der Waals surface area contributed by atoms with Crippen molar-refractivity contribution in [2.24, 2.45) is 11.8 Å². The normalized spacial score (nSPS) is 33.7. The Kier molecular flexibility index (Phi) is 1.68. The predicted octanol–water partition coefficient (Wildman–Crippen LogP) is 1.28. The van der Waals surface area contributed by atoms with Gasteiger partial charge in [0.15, 0.2) is 11.6 Å². The van der Waals surface area contributed by atoms with Gasteiger partial charge in [0.25, 0.3) is 0 Å². The van der Waals surface area contributed by atoms with Crippen LogP contribution >= 0.6 is 0 Å². The molecule has 0 spiro atoms. The molecule has 2 heteroatoms. The predicted molar refractivity (Wildman–Crippen MR) is 44.5 cm³/mol. The molecular weight excluding hydrogens is 152 g/mol. The third-order valence-corrected chi connectivity index (χ3v) is 2.56. The van der Waals surface area contributed by atoms with Gasteiger partial charge >= 0.3 is 0 Å².